The maximum absolute atomic E-state index is 10.1. The van der Waals surface area contributed by atoms with Crippen LogP contribution in [0, 0.1) is 0 Å². The van der Waals surface area contributed by atoms with Crippen molar-refractivity contribution in [3.05, 3.63) is 0 Å². The van der Waals surface area contributed by atoms with Gasteiger partial charge in [0.15, 0.2) is 0 Å². The first kappa shape index (κ1) is 20.3. The molecule has 0 fully saturated rings. The first-order valence-electron chi connectivity index (χ1n) is 6.54. The summed E-state index contributed by atoms with van der Waals surface area (Å²) in [5.41, 5.74) is 0. The minimum atomic E-state index is -2.64. The molecule has 98 valence electrons. The molecule has 0 aromatic heterocycles. The van der Waals surface area contributed by atoms with Gasteiger partial charge in [-0.05, 0) is 6.42 Å². The van der Waals surface area contributed by atoms with Crippen LogP contribution >= 0.6 is 8.60 Å². The van der Waals surface area contributed by atoms with E-state index in [1.54, 1.807) is 0 Å². The molecule has 0 saturated carbocycles. The minimum Gasteiger partial charge on any atom is -0.820 e. The monoisotopic (exact) mass is 312 g/mol. The van der Waals surface area contributed by atoms with E-state index >= 15 is 0 Å². The van der Waals surface area contributed by atoms with E-state index in [1.165, 1.54) is 51.4 Å². The van der Waals surface area contributed by atoms with E-state index in [2.05, 4.69) is 11.4 Å². The van der Waals surface area contributed by atoms with Crippen LogP contribution in [0.25, 0.3) is 0 Å². The van der Waals surface area contributed by atoms with Gasteiger partial charge >= 0.3 is 19.5 Å². The number of unbranched alkanes of at least 4 members (excludes halogenated alkanes) is 9. The van der Waals surface area contributed by atoms with Gasteiger partial charge < -0.3 is 14.3 Å². The second-order valence-electron chi connectivity index (χ2n) is 4.24. The van der Waals surface area contributed by atoms with Gasteiger partial charge in [-0.15, -0.1) is 0 Å². The van der Waals surface area contributed by atoms with E-state index < -0.39 is 8.60 Å². The van der Waals surface area contributed by atoms with Crippen LogP contribution in [0.5, 0.6) is 0 Å². The second-order valence-corrected chi connectivity index (χ2v) is 4.94. The molecule has 0 aliphatic carbocycles. The summed E-state index contributed by atoms with van der Waals surface area (Å²) < 4.78 is 4.47. The molecule has 0 atom stereocenters. The number of rotatable bonds is 12. The molecule has 0 aliphatic heterocycles. The fraction of sp³-hybridized carbons (Fsp3) is 1.00. The first-order valence-corrected chi connectivity index (χ1v) is 7.64. The van der Waals surface area contributed by atoms with Gasteiger partial charge in [-0.1, -0.05) is 64.7 Å². The maximum atomic E-state index is 10.1. The Morgan fingerprint density at radius 1 is 0.765 bits per heavy atom. The second kappa shape index (κ2) is 16.9. The van der Waals surface area contributed by atoms with Crippen LogP contribution in [-0.2, 0) is 24.0 Å². The number of hydrogen-bond donors (Lipinski definition) is 0. The van der Waals surface area contributed by atoms with Crippen molar-refractivity contribution in [2.75, 3.05) is 6.61 Å². The van der Waals surface area contributed by atoms with Crippen molar-refractivity contribution in [3.63, 3.8) is 0 Å². The van der Waals surface area contributed by atoms with E-state index in [1.807, 2.05) is 0 Å². The van der Waals surface area contributed by atoms with Gasteiger partial charge in [-0.3, -0.25) is 0 Å². The molecule has 0 amide bonds. The van der Waals surface area contributed by atoms with Crippen LogP contribution in [0.1, 0.15) is 71.1 Å². The molecule has 0 unspecified atom stereocenters. The molecule has 0 spiro atoms. The Balaban J connectivity index is 0. The summed E-state index contributed by atoms with van der Waals surface area (Å²) in [6, 6.07) is 0. The molecule has 0 saturated heterocycles. The molecule has 0 N–H and O–H groups in total. The topological polar surface area (TPSA) is 55.3 Å². The summed E-state index contributed by atoms with van der Waals surface area (Å²) in [5.74, 6) is 0. The molecular formula is C12H25O3PZn. The van der Waals surface area contributed by atoms with Crippen molar-refractivity contribution >= 4 is 8.60 Å². The van der Waals surface area contributed by atoms with E-state index in [4.69, 9.17) is 0 Å². The van der Waals surface area contributed by atoms with Crippen molar-refractivity contribution in [1.29, 1.82) is 0 Å². The fourth-order valence-corrected chi connectivity index (χ4v) is 2.01. The zero-order valence-electron chi connectivity index (χ0n) is 11.2. The van der Waals surface area contributed by atoms with Crippen LogP contribution < -0.4 is 9.79 Å². The van der Waals surface area contributed by atoms with Crippen LogP contribution in [0.4, 0.5) is 0 Å². The molecule has 5 heteroatoms. The predicted molar refractivity (Wildman–Crippen MR) is 64.7 cm³/mol. The van der Waals surface area contributed by atoms with Crippen LogP contribution in [-0.4, -0.2) is 6.61 Å². The Kier molecular flexibility index (Phi) is 20.2. The molecule has 0 aromatic rings. The Hall–Kier alpha value is 0.933. The van der Waals surface area contributed by atoms with Crippen molar-refractivity contribution in [3.8, 4) is 0 Å². The van der Waals surface area contributed by atoms with Gasteiger partial charge in [-0.25, -0.2) is 0 Å². The van der Waals surface area contributed by atoms with Gasteiger partial charge in [-0.2, -0.15) is 8.60 Å². The van der Waals surface area contributed by atoms with Gasteiger partial charge in [0, 0.05) is 6.61 Å². The molecular weight excluding hydrogens is 288 g/mol. The molecule has 3 nitrogen and oxygen atoms in total. The zero-order valence-corrected chi connectivity index (χ0v) is 15.0. The normalized spacial score (nSPS) is 10.6. The van der Waals surface area contributed by atoms with Crippen LogP contribution in [0.3, 0.4) is 0 Å². The molecule has 0 radical (unpaired) electrons. The van der Waals surface area contributed by atoms with Gasteiger partial charge in [0.25, 0.3) is 0 Å². The average Bonchev–Trinajstić information content (AvgIpc) is 2.25. The molecule has 0 aromatic carbocycles. The van der Waals surface area contributed by atoms with Gasteiger partial charge in [0.1, 0.15) is 0 Å². The Labute approximate surface area is 120 Å². The Bertz CT molecular complexity index is 137. The van der Waals surface area contributed by atoms with E-state index in [0.717, 1.165) is 12.8 Å². The van der Waals surface area contributed by atoms with E-state index in [9.17, 15) is 9.79 Å². The molecule has 0 aliphatic rings. The molecule has 17 heavy (non-hydrogen) atoms. The third-order valence-corrected chi connectivity index (χ3v) is 3.09. The average molecular weight is 314 g/mol. The van der Waals surface area contributed by atoms with Crippen molar-refractivity contribution in [1.82, 2.24) is 0 Å². The standard InChI is InChI=1S/C12H25O3P.Zn/c1-2-3-4-5-6-7-8-9-10-11-12-15-16(13)14;/h2-12H2,1H3;/q-2;+2. The van der Waals surface area contributed by atoms with Crippen molar-refractivity contribution in [2.45, 2.75) is 71.1 Å². The smallest absolute Gasteiger partial charge is 0.820 e. The predicted octanol–water partition coefficient (Wildman–Crippen LogP) is 2.87. The fourth-order valence-electron chi connectivity index (χ4n) is 1.73. The van der Waals surface area contributed by atoms with Gasteiger partial charge in [0.05, 0.1) is 0 Å². The summed E-state index contributed by atoms with van der Waals surface area (Å²) in [4.78, 5) is 20.1. The van der Waals surface area contributed by atoms with Gasteiger partial charge in [0.2, 0.25) is 0 Å². The Morgan fingerprint density at radius 2 is 1.18 bits per heavy atom. The zero-order chi connectivity index (χ0) is 12.1. The summed E-state index contributed by atoms with van der Waals surface area (Å²) >= 11 is 0. The van der Waals surface area contributed by atoms with Crippen LogP contribution in [0.15, 0.2) is 0 Å². The van der Waals surface area contributed by atoms with Crippen molar-refractivity contribution < 1.29 is 33.8 Å². The van der Waals surface area contributed by atoms with Crippen molar-refractivity contribution in [2.24, 2.45) is 0 Å². The summed E-state index contributed by atoms with van der Waals surface area (Å²) in [7, 11) is -2.64. The summed E-state index contributed by atoms with van der Waals surface area (Å²) in [6.45, 7) is 2.59. The maximum Gasteiger partial charge on any atom is 2.00 e. The third kappa shape index (κ3) is 19.5. The summed E-state index contributed by atoms with van der Waals surface area (Å²) in [5, 5.41) is 0. The molecule has 0 heterocycles. The molecule has 0 bridgehead atoms. The van der Waals surface area contributed by atoms with Crippen LogP contribution in [0.2, 0.25) is 0 Å². The van der Waals surface area contributed by atoms with E-state index in [0.29, 0.717) is 6.61 Å². The Morgan fingerprint density at radius 3 is 1.59 bits per heavy atom. The summed E-state index contributed by atoms with van der Waals surface area (Å²) in [6.07, 6.45) is 12.5. The third-order valence-electron chi connectivity index (χ3n) is 2.69. The number of hydrogen-bond acceptors (Lipinski definition) is 3. The minimum absolute atomic E-state index is 0. The largest absolute Gasteiger partial charge is 2.00 e. The quantitative estimate of drug-likeness (QED) is 0.316. The SMILES string of the molecule is CCCCCCCCCCCCOP([O-])[O-].[Zn+2]. The van der Waals surface area contributed by atoms with E-state index in [-0.39, 0.29) is 19.5 Å². The molecule has 0 rings (SSSR count). The first-order chi connectivity index (χ1) is 7.77.